The minimum Gasteiger partial charge on any atom is -0.490 e. The van der Waals surface area contributed by atoms with E-state index < -0.39 is 0 Å². The molecule has 0 aliphatic heterocycles. The molecule has 0 spiro atoms. The van der Waals surface area contributed by atoms with Crippen molar-refractivity contribution < 1.29 is 9.47 Å². The summed E-state index contributed by atoms with van der Waals surface area (Å²) in [4.78, 5) is 0. The van der Waals surface area contributed by atoms with Crippen molar-refractivity contribution in [1.82, 2.24) is 0 Å². The SMILES string of the molecule is COCCOc1ccc(C(Cl)c2ccc(I)cc2)cc1Br. The van der Waals surface area contributed by atoms with Gasteiger partial charge in [-0.25, -0.2) is 0 Å². The van der Waals surface area contributed by atoms with Crippen LogP contribution in [-0.4, -0.2) is 20.3 Å². The second-order valence-electron chi connectivity index (χ2n) is 4.45. The number of halogens is 3. The highest BCUT2D eigenvalue weighted by Gasteiger charge is 2.13. The van der Waals surface area contributed by atoms with Gasteiger partial charge >= 0.3 is 0 Å². The molecule has 0 amide bonds. The van der Waals surface area contributed by atoms with Gasteiger partial charge < -0.3 is 9.47 Å². The fraction of sp³-hybridized carbons (Fsp3) is 0.250. The maximum atomic E-state index is 6.55. The summed E-state index contributed by atoms with van der Waals surface area (Å²) < 4.78 is 12.7. The molecule has 0 aliphatic rings. The van der Waals surface area contributed by atoms with Crippen molar-refractivity contribution in [1.29, 1.82) is 0 Å². The van der Waals surface area contributed by atoms with Crippen LogP contribution >= 0.6 is 50.1 Å². The lowest BCUT2D eigenvalue weighted by atomic mass is 10.0. The lowest BCUT2D eigenvalue weighted by Crippen LogP contribution is -2.05. The first-order valence-corrected chi connectivity index (χ1v) is 8.73. The Morgan fingerprint density at radius 2 is 1.76 bits per heavy atom. The molecule has 2 aromatic carbocycles. The third kappa shape index (κ3) is 4.84. The van der Waals surface area contributed by atoms with E-state index in [1.54, 1.807) is 7.11 Å². The molecule has 21 heavy (non-hydrogen) atoms. The van der Waals surface area contributed by atoms with Crippen LogP contribution in [-0.2, 0) is 4.74 Å². The summed E-state index contributed by atoms with van der Waals surface area (Å²) in [6.07, 6.45) is 0. The van der Waals surface area contributed by atoms with Crippen molar-refractivity contribution in [3.8, 4) is 5.75 Å². The highest BCUT2D eigenvalue weighted by Crippen LogP contribution is 2.34. The number of hydrogen-bond acceptors (Lipinski definition) is 2. The summed E-state index contributed by atoms with van der Waals surface area (Å²) in [5.41, 5.74) is 2.11. The van der Waals surface area contributed by atoms with Crippen LogP contribution in [0, 0.1) is 3.57 Å². The molecule has 0 radical (unpaired) electrons. The van der Waals surface area contributed by atoms with E-state index in [0.29, 0.717) is 13.2 Å². The highest BCUT2D eigenvalue weighted by atomic mass is 127. The summed E-state index contributed by atoms with van der Waals surface area (Å²) >= 11 is 12.4. The van der Waals surface area contributed by atoms with Crippen molar-refractivity contribution in [2.75, 3.05) is 20.3 Å². The number of benzene rings is 2. The smallest absolute Gasteiger partial charge is 0.133 e. The van der Waals surface area contributed by atoms with Crippen LogP contribution in [0.4, 0.5) is 0 Å². The van der Waals surface area contributed by atoms with E-state index in [1.165, 1.54) is 3.57 Å². The first-order chi connectivity index (χ1) is 10.1. The molecular weight excluding hydrogens is 466 g/mol. The number of methoxy groups -OCH3 is 1. The van der Waals surface area contributed by atoms with E-state index in [2.05, 4.69) is 62.8 Å². The predicted octanol–water partition coefficient (Wildman–Crippen LogP) is 5.41. The molecular formula is C16H15BrClIO2. The van der Waals surface area contributed by atoms with Gasteiger partial charge in [-0.3, -0.25) is 0 Å². The summed E-state index contributed by atoms with van der Waals surface area (Å²) in [6.45, 7) is 1.09. The maximum Gasteiger partial charge on any atom is 0.133 e. The van der Waals surface area contributed by atoms with E-state index in [-0.39, 0.29) is 5.38 Å². The molecule has 1 unspecified atom stereocenters. The van der Waals surface area contributed by atoms with E-state index in [0.717, 1.165) is 21.3 Å². The Morgan fingerprint density at radius 1 is 1.10 bits per heavy atom. The Balaban J connectivity index is 2.13. The van der Waals surface area contributed by atoms with Crippen LogP contribution in [0.2, 0.25) is 0 Å². The Labute approximate surface area is 152 Å². The topological polar surface area (TPSA) is 18.5 Å². The summed E-state index contributed by atoms with van der Waals surface area (Å²) in [5, 5.41) is -0.175. The first-order valence-electron chi connectivity index (χ1n) is 6.42. The molecule has 2 aromatic rings. The first kappa shape index (κ1) is 17.1. The van der Waals surface area contributed by atoms with E-state index in [9.17, 15) is 0 Å². The number of alkyl halides is 1. The van der Waals surface area contributed by atoms with Gasteiger partial charge in [0.25, 0.3) is 0 Å². The van der Waals surface area contributed by atoms with Crippen molar-refractivity contribution in [3.63, 3.8) is 0 Å². The predicted molar refractivity (Wildman–Crippen MR) is 98.4 cm³/mol. The molecule has 5 heteroatoms. The molecule has 112 valence electrons. The molecule has 0 saturated heterocycles. The Bertz CT molecular complexity index is 589. The minimum absolute atomic E-state index is 0.175. The van der Waals surface area contributed by atoms with E-state index >= 15 is 0 Å². The highest BCUT2D eigenvalue weighted by molar-refractivity contribution is 14.1. The standard InChI is InChI=1S/C16H15BrClIO2/c1-20-8-9-21-15-7-4-12(10-14(15)17)16(18)11-2-5-13(19)6-3-11/h2-7,10,16H,8-9H2,1H3. The Morgan fingerprint density at radius 3 is 2.38 bits per heavy atom. The average molecular weight is 482 g/mol. The monoisotopic (exact) mass is 480 g/mol. The zero-order chi connectivity index (χ0) is 15.2. The van der Waals surface area contributed by atoms with Crippen LogP contribution in [0.3, 0.4) is 0 Å². The quantitative estimate of drug-likeness (QED) is 0.312. The Kier molecular flexibility index (Phi) is 6.79. The molecule has 0 fully saturated rings. The maximum absolute atomic E-state index is 6.55. The second kappa shape index (κ2) is 8.36. The van der Waals surface area contributed by atoms with Gasteiger partial charge in [-0.15, -0.1) is 11.6 Å². The van der Waals surface area contributed by atoms with Crippen LogP contribution in [0.15, 0.2) is 46.9 Å². The van der Waals surface area contributed by atoms with Gasteiger partial charge in [0.15, 0.2) is 0 Å². The molecule has 2 nitrogen and oxygen atoms in total. The van der Waals surface area contributed by atoms with Crippen molar-refractivity contribution in [3.05, 3.63) is 61.6 Å². The van der Waals surface area contributed by atoms with Crippen LogP contribution in [0.1, 0.15) is 16.5 Å². The fourth-order valence-electron chi connectivity index (χ4n) is 1.85. The minimum atomic E-state index is -0.175. The average Bonchev–Trinajstić information content (AvgIpc) is 2.49. The summed E-state index contributed by atoms with van der Waals surface area (Å²) in [7, 11) is 1.65. The van der Waals surface area contributed by atoms with Gasteiger partial charge in [0.05, 0.1) is 16.5 Å². The zero-order valence-electron chi connectivity index (χ0n) is 11.5. The van der Waals surface area contributed by atoms with Gasteiger partial charge in [-0.2, -0.15) is 0 Å². The van der Waals surface area contributed by atoms with Gasteiger partial charge in [-0.05, 0) is 73.9 Å². The molecule has 0 aromatic heterocycles. The molecule has 0 aliphatic carbocycles. The molecule has 0 saturated carbocycles. The van der Waals surface area contributed by atoms with Gasteiger partial charge in [0, 0.05) is 10.7 Å². The summed E-state index contributed by atoms with van der Waals surface area (Å²) in [6, 6.07) is 14.1. The normalized spacial score (nSPS) is 12.2. The fourth-order valence-corrected chi connectivity index (χ4v) is 3.00. The number of rotatable bonds is 6. The molecule has 2 rings (SSSR count). The lowest BCUT2D eigenvalue weighted by molar-refractivity contribution is 0.146. The van der Waals surface area contributed by atoms with Crippen molar-refractivity contribution >= 4 is 50.1 Å². The van der Waals surface area contributed by atoms with Crippen LogP contribution in [0.25, 0.3) is 0 Å². The number of ether oxygens (including phenoxy) is 2. The van der Waals surface area contributed by atoms with Gasteiger partial charge in [0.1, 0.15) is 12.4 Å². The zero-order valence-corrected chi connectivity index (χ0v) is 16.0. The second-order valence-corrected chi connectivity index (χ2v) is 6.98. The molecule has 0 bridgehead atoms. The van der Waals surface area contributed by atoms with E-state index in [4.69, 9.17) is 21.1 Å². The van der Waals surface area contributed by atoms with Crippen LogP contribution in [0.5, 0.6) is 5.75 Å². The summed E-state index contributed by atoms with van der Waals surface area (Å²) in [5.74, 6) is 0.794. The molecule has 1 atom stereocenters. The molecule has 0 N–H and O–H groups in total. The van der Waals surface area contributed by atoms with Crippen molar-refractivity contribution in [2.45, 2.75) is 5.38 Å². The van der Waals surface area contributed by atoms with Gasteiger partial charge in [0.2, 0.25) is 0 Å². The lowest BCUT2D eigenvalue weighted by Gasteiger charge is -2.13. The third-order valence-electron chi connectivity index (χ3n) is 2.96. The third-order valence-corrected chi connectivity index (χ3v) is 4.80. The van der Waals surface area contributed by atoms with Crippen molar-refractivity contribution in [2.24, 2.45) is 0 Å². The van der Waals surface area contributed by atoms with Gasteiger partial charge in [-0.1, -0.05) is 18.2 Å². The van der Waals surface area contributed by atoms with E-state index in [1.807, 2.05) is 18.2 Å². The van der Waals surface area contributed by atoms with Crippen LogP contribution < -0.4 is 4.74 Å². The Hall–Kier alpha value is -0.300. The largest absolute Gasteiger partial charge is 0.490 e. The number of hydrogen-bond donors (Lipinski definition) is 0. The molecule has 0 heterocycles.